The van der Waals surface area contributed by atoms with Gasteiger partial charge in [0, 0.05) is 11.0 Å². The van der Waals surface area contributed by atoms with E-state index in [0.717, 1.165) is 4.90 Å². The van der Waals surface area contributed by atoms with E-state index in [9.17, 15) is 9.59 Å². The summed E-state index contributed by atoms with van der Waals surface area (Å²) in [6.07, 6.45) is 0. The standard InChI is InChI=1S/C26H24N2O5S/c1-4-33-18-12-10-17(11-13-18)28-25(29)23(24(26(28)30)34-20-8-6-5-7-9-20)27-21-15-14-19(31-2)16-22(21)32-3/h5-16,27H,4H2,1-3H3. The van der Waals surface area contributed by atoms with Crippen molar-refractivity contribution in [2.24, 2.45) is 0 Å². The van der Waals surface area contributed by atoms with Gasteiger partial charge in [0.25, 0.3) is 11.8 Å². The average Bonchev–Trinajstić information content (AvgIpc) is 3.09. The van der Waals surface area contributed by atoms with Crippen LogP contribution in [0.4, 0.5) is 11.4 Å². The van der Waals surface area contributed by atoms with E-state index in [2.05, 4.69) is 5.32 Å². The van der Waals surface area contributed by atoms with Gasteiger partial charge in [0.15, 0.2) is 0 Å². The molecule has 3 aromatic rings. The maximum Gasteiger partial charge on any atom is 0.283 e. The number of ether oxygens (including phenoxy) is 3. The number of hydrogen-bond acceptors (Lipinski definition) is 7. The van der Waals surface area contributed by atoms with Gasteiger partial charge < -0.3 is 19.5 Å². The molecule has 34 heavy (non-hydrogen) atoms. The van der Waals surface area contributed by atoms with E-state index in [1.54, 1.807) is 49.6 Å². The molecule has 0 fully saturated rings. The van der Waals surface area contributed by atoms with Crippen molar-refractivity contribution in [3.63, 3.8) is 0 Å². The van der Waals surface area contributed by atoms with Crippen LogP contribution in [0.3, 0.4) is 0 Å². The van der Waals surface area contributed by atoms with Gasteiger partial charge in [0.2, 0.25) is 0 Å². The van der Waals surface area contributed by atoms with Gasteiger partial charge in [-0.05, 0) is 55.5 Å². The summed E-state index contributed by atoms with van der Waals surface area (Å²) in [5, 5.41) is 3.14. The molecule has 0 unspecified atom stereocenters. The molecule has 4 rings (SSSR count). The van der Waals surface area contributed by atoms with Crippen LogP contribution in [0.1, 0.15) is 6.92 Å². The Balaban J connectivity index is 1.73. The number of amides is 2. The molecule has 3 aromatic carbocycles. The van der Waals surface area contributed by atoms with E-state index < -0.39 is 11.8 Å². The van der Waals surface area contributed by atoms with Gasteiger partial charge in [-0.25, -0.2) is 4.90 Å². The minimum atomic E-state index is -0.453. The molecule has 0 bridgehead atoms. The number of methoxy groups -OCH3 is 2. The highest BCUT2D eigenvalue weighted by atomic mass is 32.2. The Morgan fingerprint density at radius 1 is 0.853 bits per heavy atom. The second kappa shape index (κ2) is 10.4. The van der Waals surface area contributed by atoms with Crippen LogP contribution in [0.25, 0.3) is 0 Å². The highest BCUT2D eigenvalue weighted by Crippen LogP contribution is 2.39. The number of carbonyl (C=O) groups excluding carboxylic acids is 2. The summed E-state index contributed by atoms with van der Waals surface area (Å²) in [7, 11) is 3.09. The Kier molecular flexibility index (Phi) is 7.08. The Labute approximate surface area is 202 Å². The number of nitrogens with zero attached hydrogens (tertiary/aromatic N) is 1. The number of anilines is 2. The first-order chi connectivity index (χ1) is 16.5. The largest absolute Gasteiger partial charge is 0.497 e. The lowest BCUT2D eigenvalue weighted by molar-refractivity contribution is -0.120. The topological polar surface area (TPSA) is 77.1 Å². The third-order valence-electron chi connectivity index (χ3n) is 5.08. The first-order valence-electron chi connectivity index (χ1n) is 10.6. The van der Waals surface area contributed by atoms with Crippen molar-refractivity contribution < 1.29 is 23.8 Å². The average molecular weight is 477 g/mol. The van der Waals surface area contributed by atoms with Gasteiger partial charge in [0.1, 0.15) is 27.9 Å². The minimum absolute atomic E-state index is 0.177. The SMILES string of the molecule is CCOc1ccc(N2C(=O)C(Nc3ccc(OC)cc3OC)=C(Sc3ccccc3)C2=O)cc1. The lowest BCUT2D eigenvalue weighted by Gasteiger charge is -2.16. The maximum atomic E-state index is 13.5. The van der Waals surface area contributed by atoms with Gasteiger partial charge in [-0.2, -0.15) is 0 Å². The highest BCUT2D eigenvalue weighted by Gasteiger charge is 2.40. The van der Waals surface area contributed by atoms with Crippen molar-refractivity contribution in [1.29, 1.82) is 0 Å². The molecule has 174 valence electrons. The molecule has 0 spiro atoms. The van der Waals surface area contributed by atoms with Crippen molar-refractivity contribution in [2.75, 3.05) is 31.0 Å². The van der Waals surface area contributed by atoms with E-state index in [4.69, 9.17) is 14.2 Å². The molecule has 8 heteroatoms. The minimum Gasteiger partial charge on any atom is -0.497 e. The smallest absolute Gasteiger partial charge is 0.283 e. The van der Waals surface area contributed by atoms with Crippen LogP contribution in [-0.2, 0) is 9.59 Å². The van der Waals surface area contributed by atoms with E-state index >= 15 is 0 Å². The second-order valence-electron chi connectivity index (χ2n) is 7.18. The van der Waals surface area contributed by atoms with Crippen molar-refractivity contribution in [2.45, 2.75) is 11.8 Å². The molecule has 1 aliphatic heterocycles. The third kappa shape index (κ3) is 4.72. The van der Waals surface area contributed by atoms with Crippen molar-refractivity contribution in [3.8, 4) is 17.2 Å². The summed E-state index contributed by atoms with van der Waals surface area (Å²) >= 11 is 1.24. The van der Waals surface area contributed by atoms with Crippen LogP contribution in [0.2, 0.25) is 0 Å². The Hall–Kier alpha value is -3.91. The molecular weight excluding hydrogens is 452 g/mol. The molecule has 0 radical (unpaired) electrons. The van der Waals surface area contributed by atoms with E-state index in [0.29, 0.717) is 40.1 Å². The first-order valence-corrected chi connectivity index (χ1v) is 11.4. The summed E-state index contributed by atoms with van der Waals surface area (Å²) in [5.41, 5.74) is 1.18. The normalized spacial score (nSPS) is 13.3. The molecule has 0 aliphatic carbocycles. The summed E-state index contributed by atoms with van der Waals surface area (Å²) < 4.78 is 16.2. The van der Waals surface area contributed by atoms with Gasteiger partial charge in [-0.3, -0.25) is 9.59 Å². The third-order valence-corrected chi connectivity index (χ3v) is 6.17. The number of rotatable bonds is 9. The summed E-state index contributed by atoms with van der Waals surface area (Å²) in [4.78, 5) is 29.3. The predicted octanol–water partition coefficient (Wildman–Crippen LogP) is 5.09. The monoisotopic (exact) mass is 476 g/mol. The van der Waals surface area contributed by atoms with Crippen LogP contribution in [-0.4, -0.2) is 32.6 Å². The van der Waals surface area contributed by atoms with Gasteiger partial charge in [0.05, 0.1) is 32.2 Å². The Bertz CT molecular complexity index is 1230. The fourth-order valence-corrected chi connectivity index (χ4v) is 4.40. The fourth-order valence-electron chi connectivity index (χ4n) is 3.45. The number of carbonyl (C=O) groups is 2. The molecule has 0 saturated carbocycles. The van der Waals surface area contributed by atoms with Crippen LogP contribution in [0.5, 0.6) is 17.2 Å². The van der Waals surface area contributed by atoms with Gasteiger partial charge in [-0.1, -0.05) is 30.0 Å². The molecule has 0 saturated heterocycles. The summed E-state index contributed by atoms with van der Waals surface area (Å²) in [5.74, 6) is 0.901. The molecule has 1 heterocycles. The second-order valence-corrected chi connectivity index (χ2v) is 8.27. The van der Waals surface area contributed by atoms with Crippen LogP contribution >= 0.6 is 11.8 Å². The Morgan fingerprint density at radius 2 is 1.56 bits per heavy atom. The molecule has 1 N–H and O–H groups in total. The number of thioether (sulfide) groups is 1. The first kappa shape index (κ1) is 23.3. The van der Waals surface area contributed by atoms with E-state index in [1.165, 1.54) is 23.8 Å². The van der Waals surface area contributed by atoms with Crippen LogP contribution < -0.4 is 24.4 Å². The zero-order valence-electron chi connectivity index (χ0n) is 19.0. The maximum absolute atomic E-state index is 13.5. The number of hydrogen-bond donors (Lipinski definition) is 1. The molecule has 0 aromatic heterocycles. The zero-order chi connectivity index (χ0) is 24.1. The molecule has 2 amide bonds. The molecule has 7 nitrogen and oxygen atoms in total. The number of benzene rings is 3. The molecule has 0 atom stereocenters. The lowest BCUT2D eigenvalue weighted by atomic mass is 10.2. The lowest BCUT2D eigenvalue weighted by Crippen LogP contribution is -2.32. The van der Waals surface area contributed by atoms with Crippen molar-refractivity contribution >= 4 is 35.0 Å². The van der Waals surface area contributed by atoms with E-state index in [1.807, 2.05) is 37.3 Å². The van der Waals surface area contributed by atoms with Crippen LogP contribution in [0, 0.1) is 0 Å². The van der Waals surface area contributed by atoms with E-state index in [-0.39, 0.29) is 5.70 Å². The quantitative estimate of drug-likeness (QED) is 0.431. The number of nitrogens with one attached hydrogen (secondary N) is 1. The van der Waals surface area contributed by atoms with Gasteiger partial charge in [-0.15, -0.1) is 0 Å². The molecular formula is C26H24N2O5S. The highest BCUT2D eigenvalue weighted by molar-refractivity contribution is 8.04. The Morgan fingerprint density at radius 3 is 2.21 bits per heavy atom. The van der Waals surface area contributed by atoms with Crippen LogP contribution in [0.15, 0.2) is 88.3 Å². The predicted molar refractivity (Wildman–Crippen MR) is 133 cm³/mol. The van der Waals surface area contributed by atoms with Gasteiger partial charge >= 0.3 is 0 Å². The zero-order valence-corrected chi connectivity index (χ0v) is 19.8. The fraction of sp³-hybridized carbons (Fsp3) is 0.154. The van der Waals surface area contributed by atoms with Crippen molar-refractivity contribution in [3.05, 3.63) is 83.4 Å². The summed E-state index contributed by atoms with van der Waals surface area (Å²) in [6.45, 7) is 2.42. The molecule has 1 aliphatic rings. The van der Waals surface area contributed by atoms with Crippen molar-refractivity contribution in [1.82, 2.24) is 0 Å². The summed E-state index contributed by atoms with van der Waals surface area (Å²) in [6, 6.07) is 21.5. The number of imide groups is 1.